The first-order valence-corrected chi connectivity index (χ1v) is 5.94. The molecule has 1 fully saturated rings. The van der Waals surface area contributed by atoms with E-state index in [1.807, 2.05) is 5.32 Å². The zero-order valence-electron chi connectivity index (χ0n) is 10.3. The Balaban J connectivity index is 2.07. The van der Waals surface area contributed by atoms with Gasteiger partial charge < -0.3 is 15.4 Å². The van der Waals surface area contributed by atoms with E-state index in [4.69, 9.17) is 4.74 Å². The van der Waals surface area contributed by atoms with Gasteiger partial charge in [-0.05, 0) is 0 Å². The van der Waals surface area contributed by atoms with Gasteiger partial charge in [0.2, 0.25) is 5.91 Å². The van der Waals surface area contributed by atoms with Gasteiger partial charge in [-0.25, -0.2) is 17.6 Å². The Bertz CT molecular complexity index is 492. The lowest BCUT2D eigenvalue weighted by molar-refractivity contribution is -0.119. The van der Waals surface area contributed by atoms with E-state index in [1.54, 1.807) is 0 Å². The number of halogens is 4. The van der Waals surface area contributed by atoms with Crippen LogP contribution in [0.1, 0.15) is 6.42 Å². The van der Waals surface area contributed by atoms with Gasteiger partial charge in [-0.1, -0.05) is 0 Å². The van der Waals surface area contributed by atoms with Crippen molar-refractivity contribution < 1.29 is 27.1 Å². The summed E-state index contributed by atoms with van der Waals surface area (Å²) in [7, 11) is 0. The minimum Gasteiger partial charge on any atom is -0.375 e. The molecule has 1 aliphatic rings. The van der Waals surface area contributed by atoms with Crippen molar-refractivity contribution in [1.29, 1.82) is 0 Å². The van der Waals surface area contributed by atoms with Gasteiger partial charge in [0, 0.05) is 19.2 Å². The molecule has 1 aromatic carbocycles. The highest BCUT2D eigenvalue weighted by molar-refractivity contribution is 5.91. The van der Waals surface area contributed by atoms with Gasteiger partial charge in [-0.2, -0.15) is 0 Å². The highest BCUT2D eigenvalue weighted by atomic mass is 19.2. The van der Waals surface area contributed by atoms with Crippen LogP contribution in [0.4, 0.5) is 23.2 Å². The molecule has 1 heterocycles. The third-order valence-electron chi connectivity index (χ3n) is 2.79. The molecule has 1 saturated heterocycles. The molecule has 0 spiro atoms. The van der Waals surface area contributed by atoms with E-state index in [0.717, 1.165) is 0 Å². The monoisotopic (exact) mass is 292 g/mol. The van der Waals surface area contributed by atoms with Crippen LogP contribution in [0.3, 0.4) is 0 Å². The average Bonchev–Trinajstić information content (AvgIpc) is 2.42. The van der Waals surface area contributed by atoms with Gasteiger partial charge in [0.1, 0.15) is 5.69 Å². The van der Waals surface area contributed by atoms with Crippen LogP contribution in [0.25, 0.3) is 0 Å². The van der Waals surface area contributed by atoms with Crippen LogP contribution in [-0.4, -0.2) is 31.7 Å². The number of anilines is 1. The van der Waals surface area contributed by atoms with E-state index < -0.39 is 41.0 Å². The molecular formula is C12H12F4N2O2. The van der Waals surface area contributed by atoms with Crippen molar-refractivity contribution in [3.8, 4) is 0 Å². The zero-order valence-corrected chi connectivity index (χ0v) is 10.3. The van der Waals surface area contributed by atoms with Crippen LogP contribution in [0.15, 0.2) is 6.07 Å². The summed E-state index contributed by atoms with van der Waals surface area (Å²) in [6.45, 7) is 1.47. The molecule has 0 aliphatic carbocycles. The number of morpholine rings is 1. The predicted molar refractivity (Wildman–Crippen MR) is 62.1 cm³/mol. The zero-order chi connectivity index (χ0) is 14.7. The van der Waals surface area contributed by atoms with E-state index in [0.29, 0.717) is 19.7 Å². The van der Waals surface area contributed by atoms with Crippen LogP contribution in [0.2, 0.25) is 0 Å². The molecule has 2 N–H and O–H groups in total. The quantitative estimate of drug-likeness (QED) is 0.656. The lowest BCUT2D eigenvalue weighted by Gasteiger charge is -2.23. The minimum absolute atomic E-state index is 0.0779. The Labute approximate surface area is 112 Å². The number of amides is 1. The third kappa shape index (κ3) is 3.26. The van der Waals surface area contributed by atoms with Crippen molar-refractivity contribution in [3.05, 3.63) is 29.3 Å². The Morgan fingerprint density at radius 2 is 1.95 bits per heavy atom. The number of benzene rings is 1. The molecule has 1 aliphatic heterocycles. The standard InChI is InChI=1S/C12H12F4N2O2/c13-7-4-8(14)11(16)12(10(7)15)18-9(19)3-6-5-17-1-2-20-6/h4,6,17H,1-3,5H2,(H,18,19). The lowest BCUT2D eigenvalue weighted by Crippen LogP contribution is -2.40. The molecule has 8 heteroatoms. The Morgan fingerprint density at radius 1 is 1.30 bits per heavy atom. The van der Waals surface area contributed by atoms with Gasteiger partial charge in [-0.3, -0.25) is 4.79 Å². The number of nitrogens with one attached hydrogen (secondary N) is 2. The fourth-order valence-electron chi connectivity index (χ4n) is 1.83. The number of carbonyl (C=O) groups is 1. The highest BCUT2D eigenvalue weighted by Crippen LogP contribution is 2.24. The van der Waals surface area contributed by atoms with E-state index >= 15 is 0 Å². The summed E-state index contributed by atoms with van der Waals surface area (Å²) < 4.78 is 57.8. The van der Waals surface area contributed by atoms with Gasteiger partial charge in [-0.15, -0.1) is 0 Å². The molecule has 4 nitrogen and oxygen atoms in total. The normalized spacial score (nSPS) is 18.9. The van der Waals surface area contributed by atoms with Crippen LogP contribution >= 0.6 is 0 Å². The van der Waals surface area contributed by atoms with E-state index in [2.05, 4.69) is 5.32 Å². The van der Waals surface area contributed by atoms with Gasteiger partial charge >= 0.3 is 0 Å². The Kier molecular flexibility index (Phi) is 4.56. The van der Waals surface area contributed by atoms with Crippen LogP contribution in [0.5, 0.6) is 0 Å². The maximum atomic E-state index is 13.3. The van der Waals surface area contributed by atoms with Crippen molar-refractivity contribution in [1.82, 2.24) is 5.32 Å². The number of carbonyl (C=O) groups excluding carboxylic acids is 1. The average molecular weight is 292 g/mol. The largest absolute Gasteiger partial charge is 0.375 e. The maximum Gasteiger partial charge on any atom is 0.227 e. The van der Waals surface area contributed by atoms with Gasteiger partial charge in [0.25, 0.3) is 0 Å². The van der Waals surface area contributed by atoms with Gasteiger partial charge in [0.15, 0.2) is 23.3 Å². The summed E-state index contributed by atoms with van der Waals surface area (Å²) in [5.41, 5.74) is -1.13. The lowest BCUT2D eigenvalue weighted by atomic mass is 10.2. The van der Waals surface area contributed by atoms with Gasteiger partial charge in [0.05, 0.1) is 19.1 Å². The molecule has 0 aromatic heterocycles. The second kappa shape index (κ2) is 6.19. The first kappa shape index (κ1) is 14.7. The van der Waals surface area contributed by atoms with Crippen LogP contribution in [0, 0.1) is 23.3 Å². The molecule has 110 valence electrons. The topological polar surface area (TPSA) is 50.4 Å². The van der Waals surface area contributed by atoms with Crippen LogP contribution in [-0.2, 0) is 9.53 Å². The molecule has 1 amide bonds. The molecule has 0 saturated carbocycles. The summed E-state index contributed by atoms with van der Waals surface area (Å²) in [4.78, 5) is 11.6. The molecule has 2 rings (SSSR count). The molecule has 20 heavy (non-hydrogen) atoms. The number of hydrogen-bond acceptors (Lipinski definition) is 3. The summed E-state index contributed by atoms with van der Waals surface area (Å²) in [6, 6.07) is 0.0779. The SMILES string of the molecule is O=C(CC1CNCCO1)Nc1c(F)c(F)cc(F)c1F. The summed E-state index contributed by atoms with van der Waals surface area (Å²) in [5, 5.41) is 4.80. The second-order valence-corrected chi connectivity index (χ2v) is 4.29. The first-order chi connectivity index (χ1) is 9.49. The summed E-state index contributed by atoms with van der Waals surface area (Å²) >= 11 is 0. The first-order valence-electron chi connectivity index (χ1n) is 5.94. The highest BCUT2D eigenvalue weighted by Gasteiger charge is 2.23. The fraction of sp³-hybridized carbons (Fsp3) is 0.417. The fourth-order valence-corrected chi connectivity index (χ4v) is 1.83. The van der Waals surface area contributed by atoms with Crippen molar-refractivity contribution in [2.75, 3.05) is 25.0 Å². The number of hydrogen-bond donors (Lipinski definition) is 2. The third-order valence-corrected chi connectivity index (χ3v) is 2.79. The molecule has 0 radical (unpaired) electrons. The minimum atomic E-state index is -1.64. The summed E-state index contributed by atoms with van der Waals surface area (Å²) in [5.74, 6) is -7.22. The molecule has 1 unspecified atom stereocenters. The van der Waals surface area contributed by atoms with Crippen molar-refractivity contribution in [2.24, 2.45) is 0 Å². The number of ether oxygens (including phenoxy) is 1. The van der Waals surface area contributed by atoms with Crippen molar-refractivity contribution in [2.45, 2.75) is 12.5 Å². The Morgan fingerprint density at radius 3 is 2.50 bits per heavy atom. The predicted octanol–water partition coefficient (Wildman–Crippen LogP) is 1.56. The number of rotatable bonds is 3. The Hall–Kier alpha value is -1.67. The van der Waals surface area contributed by atoms with E-state index in [-0.39, 0.29) is 12.5 Å². The second-order valence-electron chi connectivity index (χ2n) is 4.29. The van der Waals surface area contributed by atoms with E-state index in [9.17, 15) is 22.4 Å². The molecule has 0 bridgehead atoms. The summed E-state index contributed by atoms with van der Waals surface area (Å²) in [6.07, 6.45) is -0.627. The van der Waals surface area contributed by atoms with Crippen LogP contribution < -0.4 is 10.6 Å². The van der Waals surface area contributed by atoms with Crippen molar-refractivity contribution in [3.63, 3.8) is 0 Å². The smallest absolute Gasteiger partial charge is 0.227 e. The van der Waals surface area contributed by atoms with Crippen molar-refractivity contribution >= 4 is 11.6 Å². The maximum absolute atomic E-state index is 13.3. The molecular weight excluding hydrogens is 280 g/mol. The molecule has 1 aromatic rings. The molecule has 1 atom stereocenters. The van der Waals surface area contributed by atoms with E-state index in [1.165, 1.54) is 0 Å².